The minimum absolute atomic E-state index is 0.0941. The van der Waals surface area contributed by atoms with Crippen LogP contribution in [-0.2, 0) is 28.7 Å². The number of amides is 1. The van der Waals surface area contributed by atoms with Gasteiger partial charge >= 0.3 is 5.97 Å². The van der Waals surface area contributed by atoms with Crippen molar-refractivity contribution in [3.05, 3.63) is 34.9 Å². The van der Waals surface area contributed by atoms with Crippen molar-refractivity contribution < 1.29 is 14.3 Å². The molecule has 30 heavy (non-hydrogen) atoms. The minimum atomic E-state index is -0.320. The Morgan fingerprint density at radius 2 is 1.93 bits per heavy atom. The number of hydrogen-bond donors (Lipinski definition) is 0. The van der Waals surface area contributed by atoms with Gasteiger partial charge in [0, 0.05) is 19.3 Å². The summed E-state index contributed by atoms with van der Waals surface area (Å²) in [5, 5.41) is 9.07. The molecule has 0 aliphatic heterocycles. The van der Waals surface area contributed by atoms with Gasteiger partial charge in [-0.15, -0.1) is 0 Å². The number of rotatable bonds is 7. The van der Waals surface area contributed by atoms with Crippen molar-refractivity contribution in [3.8, 4) is 0 Å². The van der Waals surface area contributed by atoms with E-state index >= 15 is 0 Å². The van der Waals surface area contributed by atoms with Crippen molar-refractivity contribution in [2.24, 2.45) is 18.9 Å². The summed E-state index contributed by atoms with van der Waals surface area (Å²) < 4.78 is 8.75. The average molecular weight is 416 g/mol. The van der Waals surface area contributed by atoms with E-state index in [1.54, 1.807) is 14.3 Å². The molecule has 1 aliphatic carbocycles. The molecule has 8 nitrogen and oxygen atoms in total. The molecule has 1 amide bonds. The molecule has 2 aromatic heterocycles. The lowest BCUT2D eigenvalue weighted by atomic mass is 10.1. The van der Waals surface area contributed by atoms with Crippen LogP contribution in [-0.4, -0.2) is 49.5 Å². The van der Waals surface area contributed by atoms with E-state index in [9.17, 15) is 9.59 Å². The lowest BCUT2D eigenvalue weighted by molar-refractivity contribution is -0.145. The maximum Gasteiger partial charge on any atom is 0.309 e. The maximum atomic E-state index is 13.6. The minimum Gasteiger partial charge on any atom is -0.466 e. The summed E-state index contributed by atoms with van der Waals surface area (Å²) in [5.74, 6) is -0.271. The van der Waals surface area contributed by atoms with E-state index in [-0.39, 0.29) is 29.3 Å². The monoisotopic (exact) mass is 415 g/mol. The predicted molar refractivity (Wildman–Crippen MR) is 113 cm³/mol. The predicted octanol–water partition coefficient (Wildman–Crippen LogP) is 2.83. The van der Waals surface area contributed by atoms with Crippen LogP contribution >= 0.6 is 0 Å². The molecule has 2 aromatic rings. The van der Waals surface area contributed by atoms with Gasteiger partial charge in [0.25, 0.3) is 5.91 Å². The zero-order chi connectivity index (χ0) is 22.2. The van der Waals surface area contributed by atoms with Crippen LogP contribution in [0.25, 0.3) is 0 Å². The molecule has 1 fully saturated rings. The fourth-order valence-corrected chi connectivity index (χ4v) is 3.72. The summed E-state index contributed by atoms with van der Waals surface area (Å²) >= 11 is 0. The fraction of sp³-hybridized carbons (Fsp3) is 0.636. The lowest BCUT2D eigenvalue weighted by Crippen LogP contribution is -2.37. The van der Waals surface area contributed by atoms with Crippen LogP contribution in [0.1, 0.15) is 61.7 Å². The number of carbonyl (C=O) groups excluding carboxylic acids is 2. The average Bonchev–Trinajstić information content (AvgIpc) is 3.18. The first kappa shape index (κ1) is 22.1. The van der Waals surface area contributed by atoms with Crippen molar-refractivity contribution >= 4 is 11.9 Å². The molecule has 1 aliphatic rings. The van der Waals surface area contributed by atoms with Crippen LogP contribution in [0.5, 0.6) is 0 Å². The van der Waals surface area contributed by atoms with Gasteiger partial charge in [-0.3, -0.25) is 19.0 Å². The van der Waals surface area contributed by atoms with Crippen LogP contribution in [0.3, 0.4) is 0 Å². The van der Waals surface area contributed by atoms with Crippen LogP contribution in [0.2, 0.25) is 0 Å². The van der Waals surface area contributed by atoms with E-state index in [0.29, 0.717) is 25.4 Å². The first-order valence-electron chi connectivity index (χ1n) is 10.5. The summed E-state index contributed by atoms with van der Waals surface area (Å²) in [6.45, 7) is 13.0. The summed E-state index contributed by atoms with van der Waals surface area (Å²) in [6, 6.07) is 3.82. The van der Waals surface area contributed by atoms with Crippen molar-refractivity contribution in [2.45, 2.75) is 60.0 Å². The molecule has 0 aromatic carbocycles. The Kier molecular flexibility index (Phi) is 6.06. The highest BCUT2D eigenvalue weighted by molar-refractivity contribution is 5.93. The topological polar surface area (TPSA) is 82.2 Å². The Morgan fingerprint density at radius 3 is 2.50 bits per heavy atom. The number of aryl methyl sites for hydroxylation is 3. The molecule has 0 spiro atoms. The highest BCUT2D eigenvalue weighted by Gasteiger charge is 2.46. The normalized spacial score (nSPS) is 18.4. The Balaban J connectivity index is 1.86. The van der Waals surface area contributed by atoms with Crippen molar-refractivity contribution in [1.29, 1.82) is 0 Å². The van der Waals surface area contributed by atoms with E-state index < -0.39 is 0 Å². The molecule has 0 N–H and O–H groups in total. The van der Waals surface area contributed by atoms with Crippen molar-refractivity contribution in [2.75, 3.05) is 13.2 Å². The molecule has 164 valence electrons. The molecule has 8 heteroatoms. The van der Waals surface area contributed by atoms with E-state index in [0.717, 1.165) is 23.5 Å². The molecule has 0 bridgehead atoms. The maximum absolute atomic E-state index is 13.6. The molecular weight excluding hydrogens is 382 g/mol. The first-order chi connectivity index (χ1) is 14.0. The Hall–Kier alpha value is -2.64. The molecule has 0 saturated heterocycles. The summed E-state index contributed by atoms with van der Waals surface area (Å²) in [4.78, 5) is 27.5. The Labute approximate surface area is 178 Å². The molecule has 2 atom stereocenters. The molecule has 0 unspecified atom stereocenters. The third kappa shape index (κ3) is 4.74. The smallest absolute Gasteiger partial charge is 0.309 e. The van der Waals surface area contributed by atoms with Gasteiger partial charge < -0.3 is 9.64 Å². The van der Waals surface area contributed by atoms with Crippen molar-refractivity contribution in [1.82, 2.24) is 24.5 Å². The second kappa shape index (κ2) is 8.24. The van der Waals surface area contributed by atoms with Gasteiger partial charge in [0.2, 0.25) is 0 Å². The molecule has 0 radical (unpaired) electrons. The van der Waals surface area contributed by atoms with Crippen LogP contribution < -0.4 is 0 Å². The van der Waals surface area contributed by atoms with E-state index in [1.165, 1.54) is 0 Å². The number of esters is 1. The van der Waals surface area contributed by atoms with E-state index in [1.807, 2.05) is 60.7 Å². The third-order valence-electron chi connectivity index (χ3n) is 5.46. The van der Waals surface area contributed by atoms with Gasteiger partial charge in [0.1, 0.15) is 5.69 Å². The first-order valence-corrected chi connectivity index (χ1v) is 10.5. The Morgan fingerprint density at radius 1 is 1.23 bits per heavy atom. The van der Waals surface area contributed by atoms with Gasteiger partial charge in [-0.1, -0.05) is 0 Å². The lowest BCUT2D eigenvalue weighted by Gasteiger charge is -2.26. The van der Waals surface area contributed by atoms with Crippen LogP contribution in [0.4, 0.5) is 0 Å². The van der Waals surface area contributed by atoms with Gasteiger partial charge in [-0.25, -0.2) is 0 Å². The number of ether oxygens (including phenoxy) is 1. The van der Waals surface area contributed by atoms with Crippen LogP contribution in [0, 0.1) is 25.7 Å². The SMILES string of the molecule is CCOC(=O)[C@H]1C[C@@H]1CN(Cc1cc(C)n(C)n1)C(=O)c1cc(C)nn1C(C)(C)C. The van der Waals surface area contributed by atoms with E-state index in [4.69, 9.17) is 4.74 Å². The molecular formula is C22H33N5O3. The number of aromatic nitrogens is 4. The van der Waals surface area contributed by atoms with Gasteiger partial charge in [-0.2, -0.15) is 10.2 Å². The second-order valence-corrected chi connectivity index (χ2v) is 9.19. The second-order valence-electron chi connectivity index (χ2n) is 9.19. The van der Waals surface area contributed by atoms with Crippen LogP contribution in [0.15, 0.2) is 12.1 Å². The van der Waals surface area contributed by atoms with E-state index in [2.05, 4.69) is 10.2 Å². The van der Waals surface area contributed by atoms with Crippen molar-refractivity contribution in [3.63, 3.8) is 0 Å². The molecule has 1 saturated carbocycles. The Bertz CT molecular complexity index is 918. The highest BCUT2D eigenvalue weighted by Crippen LogP contribution is 2.40. The van der Waals surface area contributed by atoms with Gasteiger partial charge in [-0.05, 0) is 66.0 Å². The largest absolute Gasteiger partial charge is 0.466 e. The van der Waals surface area contributed by atoms with Gasteiger partial charge in [0.15, 0.2) is 0 Å². The molecule has 2 heterocycles. The number of hydrogen-bond acceptors (Lipinski definition) is 5. The summed E-state index contributed by atoms with van der Waals surface area (Å²) in [6.07, 6.45) is 0.751. The zero-order valence-corrected chi connectivity index (χ0v) is 19.1. The standard InChI is InChI=1S/C22H33N5O3/c1-8-30-21(29)18-11-16(18)12-26(13-17-10-15(3)25(7)24-17)20(28)19-9-14(2)23-27(19)22(4,5)6/h9-10,16,18H,8,11-13H2,1-7H3/t16-,18+/m1/s1. The third-order valence-corrected chi connectivity index (χ3v) is 5.46. The molecule has 3 rings (SSSR count). The summed E-state index contributed by atoms with van der Waals surface area (Å²) in [7, 11) is 1.89. The number of carbonyl (C=O) groups is 2. The highest BCUT2D eigenvalue weighted by atomic mass is 16.5. The zero-order valence-electron chi connectivity index (χ0n) is 19.1. The number of nitrogens with zero attached hydrogens (tertiary/aromatic N) is 5. The van der Waals surface area contributed by atoms with Gasteiger partial charge in [0.05, 0.1) is 36.0 Å². The quantitative estimate of drug-likeness (QED) is 0.650. The summed E-state index contributed by atoms with van der Waals surface area (Å²) in [5.41, 5.74) is 2.90. The fourth-order valence-electron chi connectivity index (χ4n) is 3.72.